The van der Waals surface area contributed by atoms with Gasteiger partial charge in [-0.25, -0.2) is 9.97 Å². The zero-order chi connectivity index (χ0) is 13.9. The summed E-state index contributed by atoms with van der Waals surface area (Å²) in [6, 6.07) is 11.7. The van der Waals surface area contributed by atoms with Crippen molar-refractivity contribution in [1.29, 1.82) is 5.26 Å². The van der Waals surface area contributed by atoms with E-state index in [9.17, 15) is 0 Å². The molecule has 3 aromatic rings. The molecule has 0 unspecified atom stereocenters. The third-order valence-electron chi connectivity index (χ3n) is 3.16. The van der Waals surface area contributed by atoms with Gasteiger partial charge in [-0.1, -0.05) is 23.7 Å². The second kappa shape index (κ2) is 5.32. The molecule has 98 valence electrons. The number of hydrogen-bond donors (Lipinski definition) is 0. The molecule has 3 rings (SSSR count). The highest BCUT2D eigenvalue weighted by atomic mass is 35.5. The fourth-order valence-electron chi connectivity index (χ4n) is 2.11. The van der Waals surface area contributed by atoms with Gasteiger partial charge in [-0.3, -0.25) is 0 Å². The molecular formula is C15H11ClN4. The smallest absolute Gasteiger partial charge is 0.234 e. The summed E-state index contributed by atoms with van der Waals surface area (Å²) < 4.78 is 2.03. The van der Waals surface area contributed by atoms with E-state index in [2.05, 4.69) is 9.97 Å². The number of aryl methyl sites for hydroxylation is 2. The molecule has 20 heavy (non-hydrogen) atoms. The average molecular weight is 283 g/mol. The molecule has 2 heterocycles. The molecule has 0 saturated carbocycles. The van der Waals surface area contributed by atoms with Crippen molar-refractivity contribution in [2.24, 2.45) is 0 Å². The Morgan fingerprint density at radius 3 is 2.75 bits per heavy atom. The molecule has 0 aliphatic carbocycles. The Hall–Kier alpha value is -2.38. The number of nitriles is 1. The maximum Gasteiger partial charge on any atom is 0.234 e. The van der Waals surface area contributed by atoms with E-state index in [1.165, 1.54) is 5.56 Å². The van der Waals surface area contributed by atoms with Gasteiger partial charge in [-0.05, 0) is 30.2 Å². The third kappa shape index (κ3) is 2.49. The summed E-state index contributed by atoms with van der Waals surface area (Å²) >= 11 is 5.87. The summed E-state index contributed by atoms with van der Waals surface area (Å²) in [5.41, 5.74) is 2.01. The minimum absolute atomic E-state index is 0.198. The SMILES string of the molecule is N#Cc1ncc2ccn(CCc3ccc(Cl)cc3)c2n1. The first-order valence-corrected chi connectivity index (χ1v) is 6.60. The molecule has 0 N–H and O–H groups in total. The van der Waals surface area contributed by atoms with E-state index < -0.39 is 0 Å². The van der Waals surface area contributed by atoms with Gasteiger partial charge in [0.15, 0.2) is 0 Å². The number of hydrogen-bond acceptors (Lipinski definition) is 3. The molecule has 0 bridgehead atoms. The van der Waals surface area contributed by atoms with Crippen LogP contribution in [-0.4, -0.2) is 14.5 Å². The number of nitrogens with zero attached hydrogens (tertiary/aromatic N) is 4. The minimum atomic E-state index is 0.198. The van der Waals surface area contributed by atoms with Crippen LogP contribution >= 0.6 is 11.6 Å². The van der Waals surface area contributed by atoms with Crippen molar-refractivity contribution in [3.05, 3.63) is 59.1 Å². The van der Waals surface area contributed by atoms with E-state index in [0.29, 0.717) is 0 Å². The Labute approximate surface area is 121 Å². The summed E-state index contributed by atoms with van der Waals surface area (Å²) in [5, 5.41) is 10.5. The first-order chi connectivity index (χ1) is 9.76. The number of fused-ring (bicyclic) bond motifs is 1. The lowest BCUT2D eigenvalue weighted by molar-refractivity contribution is 0.715. The quantitative estimate of drug-likeness (QED) is 0.741. The zero-order valence-electron chi connectivity index (χ0n) is 10.6. The van der Waals surface area contributed by atoms with Crippen molar-refractivity contribution in [3.63, 3.8) is 0 Å². The highest BCUT2D eigenvalue weighted by Gasteiger charge is 2.05. The van der Waals surface area contributed by atoms with Crippen LogP contribution in [0.1, 0.15) is 11.4 Å². The van der Waals surface area contributed by atoms with Crippen molar-refractivity contribution in [1.82, 2.24) is 14.5 Å². The van der Waals surface area contributed by atoms with Crippen molar-refractivity contribution in [3.8, 4) is 6.07 Å². The minimum Gasteiger partial charge on any atom is -0.332 e. The predicted octanol–water partition coefficient (Wildman–Crippen LogP) is 3.20. The van der Waals surface area contributed by atoms with E-state index in [-0.39, 0.29) is 5.82 Å². The normalized spacial score (nSPS) is 10.6. The molecule has 0 amide bonds. The first-order valence-electron chi connectivity index (χ1n) is 6.23. The lowest BCUT2D eigenvalue weighted by Crippen LogP contribution is -2.02. The van der Waals surface area contributed by atoms with Crippen LogP contribution in [0.4, 0.5) is 0 Å². The number of halogens is 1. The Balaban J connectivity index is 1.84. The number of benzene rings is 1. The van der Waals surface area contributed by atoms with Crippen LogP contribution in [0.3, 0.4) is 0 Å². The highest BCUT2D eigenvalue weighted by Crippen LogP contribution is 2.15. The average Bonchev–Trinajstić information content (AvgIpc) is 2.89. The van der Waals surface area contributed by atoms with Gasteiger partial charge in [0.2, 0.25) is 5.82 Å². The molecule has 0 fully saturated rings. The predicted molar refractivity (Wildman–Crippen MR) is 77.4 cm³/mol. The van der Waals surface area contributed by atoms with Crippen LogP contribution in [0.2, 0.25) is 5.02 Å². The maximum absolute atomic E-state index is 8.86. The van der Waals surface area contributed by atoms with Crippen LogP contribution in [0, 0.1) is 11.3 Å². The van der Waals surface area contributed by atoms with Crippen molar-refractivity contribution in [2.75, 3.05) is 0 Å². The van der Waals surface area contributed by atoms with E-state index >= 15 is 0 Å². The summed E-state index contributed by atoms with van der Waals surface area (Å²) in [6.07, 6.45) is 4.53. The Bertz CT molecular complexity index is 784. The fourth-order valence-corrected chi connectivity index (χ4v) is 2.23. The zero-order valence-corrected chi connectivity index (χ0v) is 11.4. The standard InChI is InChI=1S/C15H11ClN4/c16-13-3-1-11(2-4-13)5-7-20-8-6-12-10-18-14(9-17)19-15(12)20/h1-4,6,8,10H,5,7H2. The van der Waals surface area contributed by atoms with Crippen LogP contribution in [0.15, 0.2) is 42.7 Å². The molecule has 1 aromatic carbocycles. The van der Waals surface area contributed by atoms with Gasteiger partial charge in [-0.2, -0.15) is 5.26 Å². The van der Waals surface area contributed by atoms with Crippen LogP contribution in [0.25, 0.3) is 11.0 Å². The van der Waals surface area contributed by atoms with Crippen LogP contribution in [0.5, 0.6) is 0 Å². The molecule has 0 radical (unpaired) electrons. The Morgan fingerprint density at radius 2 is 2.00 bits per heavy atom. The number of aromatic nitrogens is 3. The lowest BCUT2D eigenvalue weighted by atomic mass is 10.1. The van der Waals surface area contributed by atoms with E-state index in [4.69, 9.17) is 16.9 Å². The number of rotatable bonds is 3. The van der Waals surface area contributed by atoms with Gasteiger partial charge in [0.25, 0.3) is 0 Å². The van der Waals surface area contributed by atoms with Gasteiger partial charge in [-0.15, -0.1) is 0 Å². The molecular weight excluding hydrogens is 272 g/mol. The molecule has 0 aliphatic heterocycles. The van der Waals surface area contributed by atoms with E-state index in [1.807, 2.05) is 47.2 Å². The second-order valence-electron chi connectivity index (χ2n) is 4.47. The lowest BCUT2D eigenvalue weighted by Gasteiger charge is -2.05. The molecule has 0 atom stereocenters. The first kappa shape index (κ1) is 12.6. The van der Waals surface area contributed by atoms with Gasteiger partial charge >= 0.3 is 0 Å². The Morgan fingerprint density at radius 1 is 1.20 bits per heavy atom. The monoisotopic (exact) mass is 282 g/mol. The maximum atomic E-state index is 8.86. The fraction of sp³-hybridized carbons (Fsp3) is 0.133. The molecule has 0 aliphatic rings. The van der Waals surface area contributed by atoms with Crippen molar-refractivity contribution in [2.45, 2.75) is 13.0 Å². The molecule has 4 nitrogen and oxygen atoms in total. The summed E-state index contributed by atoms with van der Waals surface area (Å²) in [4.78, 5) is 8.22. The molecule has 5 heteroatoms. The molecule has 0 saturated heterocycles. The second-order valence-corrected chi connectivity index (χ2v) is 4.91. The van der Waals surface area contributed by atoms with Crippen LogP contribution < -0.4 is 0 Å². The highest BCUT2D eigenvalue weighted by molar-refractivity contribution is 6.30. The summed E-state index contributed by atoms with van der Waals surface area (Å²) in [5.74, 6) is 0.198. The van der Waals surface area contributed by atoms with Gasteiger partial charge in [0.1, 0.15) is 11.7 Å². The molecule has 0 spiro atoms. The van der Waals surface area contributed by atoms with E-state index in [1.54, 1.807) is 6.20 Å². The van der Waals surface area contributed by atoms with Gasteiger partial charge in [0.05, 0.1) is 0 Å². The van der Waals surface area contributed by atoms with E-state index in [0.717, 1.165) is 29.0 Å². The summed E-state index contributed by atoms with van der Waals surface area (Å²) in [7, 11) is 0. The summed E-state index contributed by atoms with van der Waals surface area (Å²) in [6.45, 7) is 0.799. The van der Waals surface area contributed by atoms with Crippen molar-refractivity contribution < 1.29 is 0 Å². The third-order valence-corrected chi connectivity index (χ3v) is 3.41. The Kier molecular flexibility index (Phi) is 3.36. The van der Waals surface area contributed by atoms with Gasteiger partial charge < -0.3 is 4.57 Å². The largest absolute Gasteiger partial charge is 0.332 e. The topological polar surface area (TPSA) is 54.5 Å². The van der Waals surface area contributed by atoms with Gasteiger partial charge in [0, 0.05) is 29.3 Å². The molecule has 2 aromatic heterocycles. The van der Waals surface area contributed by atoms with Crippen LogP contribution in [-0.2, 0) is 13.0 Å². The van der Waals surface area contributed by atoms with Crippen molar-refractivity contribution >= 4 is 22.6 Å².